The molecule has 0 saturated heterocycles. The average Bonchev–Trinajstić information content (AvgIpc) is 3.10. The second-order valence-corrected chi connectivity index (χ2v) is 9.89. The van der Waals surface area contributed by atoms with E-state index in [1.165, 1.54) is 10.5 Å². The number of halogens is 2. The van der Waals surface area contributed by atoms with Crippen LogP contribution in [0, 0.1) is 0 Å². The van der Waals surface area contributed by atoms with Gasteiger partial charge in [0, 0.05) is 34.4 Å². The highest BCUT2D eigenvalue weighted by atomic mass is 79.9. The van der Waals surface area contributed by atoms with E-state index in [1.807, 2.05) is 18.2 Å². The van der Waals surface area contributed by atoms with Gasteiger partial charge >= 0.3 is 5.97 Å². The summed E-state index contributed by atoms with van der Waals surface area (Å²) in [4.78, 5) is 26.0. The molecule has 0 spiro atoms. The number of amides is 1. The van der Waals surface area contributed by atoms with Crippen molar-refractivity contribution in [2.75, 3.05) is 6.54 Å². The number of benzene rings is 3. The number of hydrogen-bond acceptors (Lipinski definition) is 3. The zero-order chi connectivity index (χ0) is 23.6. The van der Waals surface area contributed by atoms with Crippen molar-refractivity contribution in [3.63, 3.8) is 0 Å². The van der Waals surface area contributed by atoms with Gasteiger partial charge in [0.15, 0.2) is 0 Å². The Morgan fingerprint density at radius 1 is 1.06 bits per heavy atom. The Morgan fingerprint density at radius 2 is 1.73 bits per heavy atom. The Kier molecular flexibility index (Phi) is 6.77. The summed E-state index contributed by atoms with van der Waals surface area (Å²) in [6.45, 7) is 1.85. The molecule has 1 amide bonds. The van der Waals surface area contributed by atoms with Crippen LogP contribution in [0.25, 0.3) is 0 Å². The van der Waals surface area contributed by atoms with E-state index in [0.717, 1.165) is 27.8 Å². The topological polar surface area (TPSA) is 66.8 Å². The third-order valence-corrected chi connectivity index (χ3v) is 6.40. The van der Waals surface area contributed by atoms with E-state index in [4.69, 9.17) is 16.3 Å². The molecule has 1 aliphatic rings. The number of fused-ring (bicyclic) bond motifs is 1. The van der Waals surface area contributed by atoms with Gasteiger partial charge in [0.25, 0.3) is 5.91 Å². The molecule has 1 N–H and O–H groups in total. The number of carbonyl (C=O) groups is 2. The van der Waals surface area contributed by atoms with Gasteiger partial charge in [0.1, 0.15) is 17.9 Å². The smallest absolute Gasteiger partial charge is 0.323 e. The highest BCUT2D eigenvalue weighted by Gasteiger charge is 2.35. The maximum absolute atomic E-state index is 13.2. The Bertz CT molecular complexity index is 1180. The number of carboxylic acid groups (broad SMARTS) is 1. The van der Waals surface area contributed by atoms with Crippen LogP contribution in [0.5, 0.6) is 5.75 Å². The van der Waals surface area contributed by atoms with Crippen molar-refractivity contribution in [1.82, 2.24) is 4.90 Å². The summed E-state index contributed by atoms with van der Waals surface area (Å²) in [5.74, 6) is -0.644. The van der Waals surface area contributed by atoms with E-state index in [2.05, 4.69) is 35.0 Å². The molecule has 0 aromatic heterocycles. The van der Waals surface area contributed by atoms with Crippen molar-refractivity contribution in [2.24, 2.45) is 0 Å². The molecule has 5 nitrogen and oxygen atoms in total. The molecule has 0 saturated carbocycles. The van der Waals surface area contributed by atoms with Gasteiger partial charge in [-0.3, -0.25) is 9.59 Å². The molecule has 4 rings (SSSR count). The molecule has 0 radical (unpaired) electrons. The fraction of sp³-hybridized carbons (Fsp3) is 0.231. The Labute approximate surface area is 206 Å². The second-order valence-electron chi connectivity index (χ2n) is 8.54. The van der Waals surface area contributed by atoms with Crippen molar-refractivity contribution < 1.29 is 19.4 Å². The lowest BCUT2D eigenvalue weighted by Gasteiger charge is -2.24. The molecule has 7 heteroatoms. The molecule has 3 aromatic rings. The van der Waals surface area contributed by atoms with Crippen LogP contribution in [0.2, 0.25) is 5.02 Å². The van der Waals surface area contributed by atoms with E-state index < -0.39 is 18.1 Å². The third kappa shape index (κ3) is 5.75. The number of aliphatic carboxylic acids is 1. The zero-order valence-corrected chi connectivity index (χ0v) is 20.4. The third-order valence-electron chi connectivity index (χ3n) is 5.62. The SMILES string of the molecule is CC1(Cc2ccc(Br)cc2)Cc2cc(C(=O)N(CC(=O)O)Cc3ccc(Cl)cc3)ccc2O1. The Morgan fingerprint density at radius 3 is 2.39 bits per heavy atom. The Balaban J connectivity index is 1.52. The van der Waals surface area contributed by atoms with Gasteiger partial charge in [0.2, 0.25) is 0 Å². The van der Waals surface area contributed by atoms with Crippen LogP contribution in [-0.2, 0) is 24.2 Å². The molecule has 1 unspecified atom stereocenters. The lowest BCUT2D eigenvalue weighted by atomic mass is 9.91. The minimum absolute atomic E-state index is 0.178. The van der Waals surface area contributed by atoms with Crippen molar-refractivity contribution >= 4 is 39.4 Å². The molecule has 1 aliphatic heterocycles. The summed E-state index contributed by atoms with van der Waals surface area (Å²) in [6, 6.07) is 20.5. The predicted octanol–water partition coefficient (Wildman–Crippen LogP) is 5.77. The lowest BCUT2D eigenvalue weighted by Crippen LogP contribution is -2.35. The summed E-state index contributed by atoms with van der Waals surface area (Å²) < 4.78 is 7.28. The highest BCUT2D eigenvalue weighted by molar-refractivity contribution is 9.10. The second kappa shape index (κ2) is 9.57. The minimum atomic E-state index is -1.07. The van der Waals surface area contributed by atoms with Crippen LogP contribution in [-0.4, -0.2) is 34.0 Å². The first kappa shape index (κ1) is 23.3. The summed E-state index contributed by atoms with van der Waals surface area (Å²) in [5.41, 5.74) is 2.95. The van der Waals surface area contributed by atoms with Crippen LogP contribution >= 0.6 is 27.5 Å². The van der Waals surface area contributed by atoms with Crippen molar-refractivity contribution in [3.8, 4) is 5.75 Å². The van der Waals surface area contributed by atoms with Gasteiger partial charge in [-0.15, -0.1) is 0 Å². The maximum atomic E-state index is 13.2. The number of hydrogen-bond donors (Lipinski definition) is 1. The fourth-order valence-electron chi connectivity index (χ4n) is 4.14. The van der Waals surface area contributed by atoms with Crippen LogP contribution in [0.15, 0.2) is 71.2 Å². The summed E-state index contributed by atoms with van der Waals surface area (Å²) in [7, 11) is 0. The molecule has 33 heavy (non-hydrogen) atoms. The maximum Gasteiger partial charge on any atom is 0.323 e. The van der Waals surface area contributed by atoms with Crippen LogP contribution in [0.3, 0.4) is 0 Å². The van der Waals surface area contributed by atoms with Crippen LogP contribution in [0.1, 0.15) is 34.0 Å². The normalized spacial score (nSPS) is 16.7. The molecule has 1 atom stereocenters. The predicted molar refractivity (Wildman–Crippen MR) is 131 cm³/mol. The van der Waals surface area contributed by atoms with Gasteiger partial charge in [-0.2, -0.15) is 0 Å². The van der Waals surface area contributed by atoms with Crippen LogP contribution < -0.4 is 4.74 Å². The number of carbonyl (C=O) groups excluding carboxylic acids is 1. The average molecular weight is 529 g/mol. The minimum Gasteiger partial charge on any atom is -0.487 e. The molecule has 0 aliphatic carbocycles. The number of rotatable bonds is 7. The molecular formula is C26H23BrClNO4. The van der Waals surface area contributed by atoms with Crippen molar-refractivity contribution in [3.05, 3.63) is 98.5 Å². The van der Waals surface area contributed by atoms with Gasteiger partial charge in [-0.1, -0.05) is 51.8 Å². The largest absolute Gasteiger partial charge is 0.487 e. The first-order valence-corrected chi connectivity index (χ1v) is 11.7. The quantitative estimate of drug-likeness (QED) is 0.423. The summed E-state index contributed by atoms with van der Waals surface area (Å²) in [5, 5.41) is 9.93. The first-order valence-electron chi connectivity index (χ1n) is 10.5. The standard InChI is InChI=1S/C26H23BrClNO4/c1-26(13-17-2-7-21(27)8-3-17)14-20-12-19(6-11-23(20)33-26)25(32)29(16-24(30)31)15-18-4-9-22(28)10-5-18/h2-12H,13-16H2,1H3,(H,30,31). The van der Waals surface area contributed by atoms with E-state index in [1.54, 1.807) is 36.4 Å². The molecule has 1 heterocycles. The molecule has 0 fully saturated rings. The van der Waals surface area contributed by atoms with Gasteiger partial charge in [0.05, 0.1) is 0 Å². The number of ether oxygens (including phenoxy) is 1. The van der Waals surface area contributed by atoms with E-state index in [-0.39, 0.29) is 12.5 Å². The fourth-order valence-corrected chi connectivity index (χ4v) is 4.53. The number of carboxylic acids is 1. The van der Waals surface area contributed by atoms with Crippen LogP contribution in [0.4, 0.5) is 0 Å². The molecular weight excluding hydrogens is 506 g/mol. The van der Waals surface area contributed by atoms with Gasteiger partial charge in [-0.05, 0) is 66.1 Å². The summed E-state index contributed by atoms with van der Waals surface area (Å²) in [6.07, 6.45) is 1.40. The monoisotopic (exact) mass is 527 g/mol. The zero-order valence-electron chi connectivity index (χ0n) is 18.1. The molecule has 170 valence electrons. The first-order chi connectivity index (χ1) is 15.7. The van der Waals surface area contributed by atoms with Gasteiger partial charge < -0.3 is 14.7 Å². The van der Waals surface area contributed by atoms with Crippen molar-refractivity contribution in [2.45, 2.75) is 31.9 Å². The van der Waals surface area contributed by atoms with Crippen molar-refractivity contribution in [1.29, 1.82) is 0 Å². The van der Waals surface area contributed by atoms with E-state index in [0.29, 0.717) is 17.0 Å². The summed E-state index contributed by atoms with van der Waals surface area (Å²) >= 11 is 9.39. The molecule has 3 aromatic carbocycles. The lowest BCUT2D eigenvalue weighted by molar-refractivity contribution is -0.137. The van der Waals surface area contributed by atoms with E-state index >= 15 is 0 Å². The number of nitrogens with zero attached hydrogens (tertiary/aromatic N) is 1. The highest BCUT2D eigenvalue weighted by Crippen LogP contribution is 2.37. The Hall–Kier alpha value is -2.83. The van der Waals surface area contributed by atoms with Gasteiger partial charge in [-0.25, -0.2) is 0 Å². The molecule has 0 bridgehead atoms. The van der Waals surface area contributed by atoms with E-state index in [9.17, 15) is 14.7 Å².